The number of anilines is 1. The molecule has 0 saturated heterocycles. The number of nitrogens with one attached hydrogen (secondary N) is 2. The van der Waals surface area contributed by atoms with Gasteiger partial charge in [0.2, 0.25) is 0 Å². The van der Waals surface area contributed by atoms with Crippen molar-refractivity contribution >= 4 is 23.5 Å². The number of amides is 4. The number of carbonyl (C=O) groups excluding carboxylic acids is 3. The van der Waals surface area contributed by atoms with E-state index in [1.807, 2.05) is 13.8 Å². The summed E-state index contributed by atoms with van der Waals surface area (Å²) in [5, 5.41) is 5.26. The summed E-state index contributed by atoms with van der Waals surface area (Å²) >= 11 is 0. The van der Waals surface area contributed by atoms with Crippen LogP contribution in [-0.2, 0) is 0 Å². The molecule has 100 valence electrons. The van der Waals surface area contributed by atoms with Gasteiger partial charge in [0, 0.05) is 13.1 Å². The molecule has 1 heterocycles. The highest BCUT2D eigenvalue weighted by atomic mass is 16.2. The quantitative estimate of drug-likeness (QED) is 0.791. The molecule has 1 aromatic carbocycles. The third-order valence-corrected chi connectivity index (χ3v) is 2.79. The second-order valence-electron chi connectivity index (χ2n) is 4.65. The number of hydrogen-bond donors (Lipinski definition) is 2. The lowest BCUT2D eigenvalue weighted by Crippen LogP contribution is -2.34. The van der Waals surface area contributed by atoms with Crippen LogP contribution in [0.3, 0.4) is 0 Å². The zero-order chi connectivity index (χ0) is 14.2. The monoisotopic (exact) mass is 261 g/mol. The number of nitrogens with zero attached hydrogens (tertiary/aromatic N) is 1. The Morgan fingerprint density at radius 2 is 1.89 bits per heavy atom. The molecule has 19 heavy (non-hydrogen) atoms. The number of hydrogen-bond acceptors (Lipinski definition) is 3. The van der Waals surface area contributed by atoms with E-state index in [0.717, 1.165) is 4.90 Å². The third kappa shape index (κ3) is 2.29. The van der Waals surface area contributed by atoms with Crippen molar-refractivity contribution in [3.63, 3.8) is 0 Å². The van der Waals surface area contributed by atoms with E-state index < -0.39 is 11.9 Å². The molecule has 4 amide bonds. The number of urea groups is 1. The van der Waals surface area contributed by atoms with Crippen LogP contribution in [0.25, 0.3) is 0 Å². The second kappa shape index (κ2) is 4.72. The van der Waals surface area contributed by atoms with Gasteiger partial charge in [-0.3, -0.25) is 14.5 Å². The molecule has 1 aromatic rings. The Balaban J connectivity index is 2.33. The van der Waals surface area contributed by atoms with Gasteiger partial charge in [-0.15, -0.1) is 0 Å². The van der Waals surface area contributed by atoms with Gasteiger partial charge in [-0.05, 0) is 26.0 Å². The Morgan fingerprint density at radius 1 is 1.21 bits per heavy atom. The van der Waals surface area contributed by atoms with Gasteiger partial charge < -0.3 is 10.6 Å². The summed E-state index contributed by atoms with van der Waals surface area (Å²) in [5.74, 6) is -0.756. The van der Waals surface area contributed by atoms with Crippen LogP contribution in [0, 0.1) is 0 Å². The number of rotatable bonds is 2. The van der Waals surface area contributed by atoms with E-state index in [1.165, 1.54) is 7.05 Å². The SMILES string of the molecule is CC(C)NC(=O)Nc1cccc2c1C(=O)N(C)C2=O. The topological polar surface area (TPSA) is 78.5 Å². The van der Waals surface area contributed by atoms with E-state index >= 15 is 0 Å². The van der Waals surface area contributed by atoms with Gasteiger partial charge in [0.05, 0.1) is 16.8 Å². The van der Waals surface area contributed by atoms with Crippen LogP contribution in [0.5, 0.6) is 0 Å². The lowest BCUT2D eigenvalue weighted by Gasteiger charge is -2.12. The van der Waals surface area contributed by atoms with E-state index in [-0.39, 0.29) is 17.5 Å². The summed E-state index contributed by atoms with van der Waals surface area (Å²) in [6, 6.07) is 4.39. The molecule has 0 bridgehead atoms. The molecule has 0 fully saturated rings. The summed E-state index contributed by atoms with van der Waals surface area (Å²) in [5.41, 5.74) is 0.905. The van der Waals surface area contributed by atoms with Crippen molar-refractivity contribution in [3.8, 4) is 0 Å². The Kier molecular flexibility index (Phi) is 3.25. The number of imide groups is 1. The average Bonchev–Trinajstić information content (AvgIpc) is 2.54. The number of carbonyl (C=O) groups is 3. The van der Waals surface area contributed by atoms with Gasteiger partial charge in [-0.25, -0.2) is 4.79 Å². The molecule has 0 aromatic heterocycles. The van der Waals surface area contributed by atoms with E-state index in [9.17, 15) is 14.4 Å². The smallest absolute Gasteiger partial charge is 0.319 e. The molecule has 2 rings (SSSR count). The standard InChI is InChI=1S/C13H15N3O3/c1-7(2)14-13(19)15-9-6-4-5-8-10(9)12(18)16(3)11(8)17/h4-7H,1-3H3,(H2,14,15,19). The summed E-state index contributed by atoms with van der Waals surface area (Å²) in [7, 11) is 1.42. The summed E-state index contributed by atoms with van der Waals surface area (Å²) in [4.78, 5) is 36.5. The van der Waals surface area contributed by atoms with Crippen LogP contribution in [0.4, 0.5) is 10.5 Å². The molecule has 1 aliphatic rings. The lowest BCUT2D eigenvalue weighted by atomic mass is 10.1. The third-order valence-electron chi connectivity index (χ3n) is 2.79. The first-order chi connectivity index (χ1) is 8.91. The molecular weight excluding hydrogens is 246 g/mol. The molecule has 0 saturated carbocycles. The van der Waals surface area contributed by atoms with Crippen molar-refractivity contribution in [1.29, 1.82) is 0 Å². The average molecular weight is 261 g/mol. The molecule has 0 unspecified atom stereocenters. The van der Waals surface area contributed by atoms with E-state index in [4.69, 9.17) is 0 Å². The summed E-state index contributed by atoms with van der Waals surface area (Å²) in [6.45, 7) is 3.66. The zero-order valence-corrected chi connectivity index (χ0v) is 11.0. The molecule has 0 spiro atoms. The maximum absolute atomic E-state index is 12.0. The predicted octanol–water partition coefficient (Wildman–Crippen LogP) is 1.44. The highest BCUT2D eigenvalue weighted by molar-refractivity contribution is 6.24. The van der Waals surface area contributed by atoms with Crippen molar-refractivity contribution in [3.05, 3.63) is 29.3 Å². The fourth-order valence-corrected chi connectivity index (χ4v) is 1.93. The molecule has 1 aliphatic heterocycles. The largest absolute Gasteiger partial charge is 0.336 e. The van der Waals surface area contributed by atoms with E-state index in [2.05, 4.69) is 10.6 Å². The first kappa shape index (κ1) is 13.1. The summed E-state index contributed by atoms with van der Waals surface area (Å²) in [6.07, 6.45) is 0. The van der Waals surface area contributed by atoms with Crippen molar-refractivity contribution in [2.24, 2.45) is 0 Å². The van der Waals surface area contributed by atoms with Crippen molar-refractivity contribution in [2.75, 3.05) is 12.4 Å². The van der Waals surface area contributed by atoms with Gasteiger partial charge >= 0.3 is 6.03 Å². The predicted molar refractivity (Wildman–Crippen MR) is 70.2 cm³/mol. The van der Waals surface area contributed by atoms with Gasteiger partial charge in [-0.1, -0.05) is 6.07 Å². The number of benzene rings is 1. The minimum absolute atomic E-state index is 0.0169. The molecule has 0 aliphatic carbocycles. The zero-order valence-electron chi connectivity index (χ0n) is 11.0. The maximum atomic E-state index is 12.0. The minimum Gasteiger partial charge on any atom is -0.336 e. The van der Waals surface area contributed by atoms with Gasteiger partial charge in [0.25, 0.3) is 11.8 Å². The fraction of sp³-hybridized carbons (Fsp3) is 0.308. The Morgan fingerprint density at radius 3 is 2.53 bits per heavy atom. The van der Waals surface area contributed by atoms with Crippen molar-refractivity contribution < 1.29 is 14.4 Å². The van der Waals surface area contributed by atoms with Crippen molar-refractivity contribution in [1.82, 2.24) is 10.2 Å². The molecule has 6 heteroatoms. The molecule has 2 N–H and O–H groups in total. The lowest BCUT2D eigenvalue weighted by molar-refractivity contribution is 0.0693. The van der Waals surface area contributed by atoms with Crippen LogP contribution in [0.15, 0.2) is 18.2 Å². The fourth-order valence-electron chi connectivity index (χ4n) is 1.93. The van der Waals surface area contributed by atoms with Crippen LogP contribution < -0.4 is 10.6 Å². The molecular formula is C13H15N3O3. The normalized spacial score (nSPS) is 13.8. The van der Waals surface area contributed by atoms with Crippen LogP contribution in [0.2, 0.25) is 0 Å². The maximum Gasteiger partial charge on any atom is 0.319 e. The Labute approximate surface area is 110 Å². The van der Waals surface area contributed by atoms with Crippen LogP contribution in [0.1, 0.15) is 34.6 Å². The second-order valence-corrected chi connectivity index (χ2v) is 4.65. The Bertz CT molecular complexity index is 566. The van der Waals surface area contributed by atoms with E-state index in [1.54, 1.807) is 18.2 Å². The first-order valence-corrected chi connectivity index (χ1v) is 5.94. The number of fused-ring (bicyclic) bond motifs is 1. The van der Waals surface area contributed by atoms with Crippen LogP contribution >= 0.6 is 0 Å². The molecule has 0 atom stereocenters. The highest BCUT2D eigenvalue weighted by Crippen LogP contribution is 2.28. The summed E-state index contributed by atoms with van der Waals surface area (Å²) < 4.78 is 0. The van der Waals surface area contributed by atoms with Gasteiger partial charge in [0.15, 0.2) is 0 Å². The minimum atomic E-state index is -0.404. The van der Waals surface area contributed by atoms with Gasteiger partial charge in [-0.2, -0.15) is 0 Å². The Hall–Kier alpha value is -2.37. The first-order valence-electron chi connectivity index (χ1n) is 5.94. The highest BCUT2D eigenvalue weighted by Gasteiger charge is 2.35. The van der Waals surface area contributed by atoms with Gasteiger partial charge in [0.1, 0.15) is 0 Å². The van der Waals surface area contributed by atoms with Crippen molar-refractivity contribution in [2.45, 2.75) is 19.9 Å². The molecule has 6 nitrogen and oxygen atoms in total. The molecule has 0 radical (unpaired) electrons. The van der Waals surface area contributed by atoms with Crippen LogP contribution in [-0.4, -0.2) is 35.8 Å². The van der Waals surface area contributed by atoms with E-state index in [0.29, 0.717) is 11.3 Å².